The maximum atomic E-state index is 8.98. The highest BCUT2D eigenvalue weighted by molar-refractivity contribution is 6.28. The summed E-state index contributed by atoms with van der Waals surface area (Å²) in [4.78, 5) is 17.1. The molecular weight excluding hydrogens is 288 g/mol. The summed E-state index contributed by atoms with van der Waals surface area (Å²) in [5.41, 5.74) is 0. The van der Waals surface area contributed by atoms with Crippen molar-refractivity contribution in [2.75, 3.05) is 36.0 Å². The Morgan fingerprint density at radius 3 is 2.62 bits per heavy atom. The predicted molar refractivity (Wildman–Crippen MR) is 83.6 cm³/mol. The van der Waals surface area contributed by atoms with Gasteiger partial charge in [-0.2, -0.15) is 20.2 Å². The molecule has 114 valence electrons. The molecule has 1 atom stereocenters. The molecule has 1 saturated heterocycles. The Hall–Kier alpha value is -1.61. The summed E-state index contributed by atoms with van der Waals surface area (Å²) in [5.74, 6) is 1.12. The van der Waals surface area contributed by atoms with Gasteiger partial charge in [0, 0.05) is 26.2 Å². The number of halogens is 1. The standard InChI is InChI=1S/C14H21ClN6/c1-3-20(10-11(2)9-16)13-17-12(15)18-14(19-13)21-7-5-4-6-8-21/h11H,3-8,10H2,1-2H3. The minimum Gasteiger partial charge on any atom is -0.341 e. The molecule has 1 aliphatic rings. The average Bonchev–Trinajstić information content (AvgIpc) is 2.52. The molecule has 0 bridgehead atoms. The zero-order chi connectivity index (χ0) is 15.2. The fourth-order valence-corrected chi connectivity index (χ4v) is 2.58. The topological polar surface area (TPSA) is 68.9 Å². The molecule has 0 saturated carbocycles. The maximum absolute atomic E-state index is 8.98. The van der Waals surface area contributed by atoms with Crippen LogP contribution in [0.5, 0.6) is 0 Å². The quantitative estimate of drug-likeness (QED) is 0.832. The van der Waals surface area contributed by atoms with Gasteiger partial charge in [0.05, 0.1) is 12.0 Å². The summed E-state index contributed by atoms with van der Waals surface area (Å²) in [6.45, 7) is 7.14. The molecule has 0 amide bonds. The predicted octanol–water partition coefficient (Wildman–Crippen LogP) is 2.50. The Labute approximate surface area is 130 Å². The van der Waals surface area contributed by atoms with Crippen molar-refractivity contribution in [2.24, 2.45) is 5.92 Å². The third kappa shape index (κ3) is 4.18. The van der Waals surface area contributed by atoms with E-state index in [1.807, 2.05) is 18.7 Å². The number of piperidine rings is 1. The summed E-state index contributed by atoms with van der Waals surface area (Å²) < 4.78 is 0. The van der Waals surface area contributed by atoms with Crippen molar-refractivity contribution in [3.05, 3.63) is 5.28 Å². The van der Waals surface area contributed by atoms with Crippen LogP contribution in [0.2, 0.25) is 5.28 Å². The minimum atomic E-state index is -0.0843. The second kappa shape index (κ2) is 7.41. The molecule has 0 aliphatic carbocycles. The lowest BCUT2D eigenvalue weighted by atomic mass is 10.1. The summed E-state index contributed by atoms with van der Waals surface area (Å²) in [6, 6.07) is 2.24. The third-order valence-corrected chi connectivity index (χ3v) is 3.77. The second-order valence-corrected chi connectivity index (χ2v) is 5.66. The first kappa shape index (κ1) is 15.8. The van der Waals surface area contributed by atoms with Crippen LogP contribution in [0.15, 0.2) is 0 Å². The first-order valence-electron chi connectivity index (χ1n) is 7.45. The van der Waals surface area contributed by atoms with Gasteiger partial charge in [0.25, 0.3) is 0 Å². The molecule has 1 aromatic heterocycles. The summed E-state index contributed by atoms with van der Waals surface area (Å²) in [7, 11) is 0. The number of anilines is 2. The molecule has 21 heavy (non-hydrogen) atoms. The van der Waals surface area contributed by atoms with Gasteiger partial charge in [-0.15, -0.1) is 0 Å². The van der Waals surface area contributed by atoms with Crippen LogP contribution in [-0.2, 0) is 0 Å². The molecule has 1 aromatic rings. The van der Waals surface area contributed by atoms with Crippen molar-refractivity contribution in [3.8, 4) is 6.07 Å². The smallest absolute Gasteiger partial charge is 0.231 e. The van der Waals surface area contributed by atoms with Crippen molar-refractivity contribution < 1.29 is 0 Å². The normalized spacial score (nSPS) is 16.4. The minimum absolute atomic E-state index is 0.0843. The molecule has 7 heteroatoms. The van der Waals surface area contributed by atoms with E-state index in [0.717, 1.165) is 32.5 Å². The van der Waals surface area contributed by atoms with Crippen LogP contribution < -0.4 is 9.80 Å². The van der Waals surface area contributed by atoms with Gasteiger partial charge in [-0.05, 0) is 44.7 Å². The highest BCUT2D eigenvalue weighted by atomic mass is 35.5. The lowest BCUT2D eigenvalue weighted by Crippen LogP contribution is -2.33. The van der Waals surface area contributed by atoms with Gasteiger partial charge in [-0.1, -0.05) is 0 Å². The first-order chi connectivity index (χ1) is 10.1. The molecule has 6 nitrogen and oxygen atoms in total. The summed E-state index contributed by atoms with van der Waals surface area (Å²) in [6.07, 6.45) is 3.56. The Balaban J connectivity index is 2.22. The van der Waals surface area contributed by atoms with Crippen molar-refractivity contribution in [3.63, 3.8) is 0 Å². The zero-order valence-corrected chi connectivity index (χ0v) is 13.3. The number of hydrogen-bond acceptors (Lipinski definition) is 6. The van der Waals surface area contributed by atoms with Crippen molar-refractivity contribution in [1.82, 2.24) is 15.0 Å². The summed E-state index contributed by atoms with van der Waals surface area (Å²) >= 11 is 6.06. The third-order valence-electron chi connectivity index (χ3n) is 3.60. The van der Waals surface area contributed by atoms with Crippen LogP contribution in [0.25, 0.3) is 0 Å². The zero-order valence-electron chi connectivity index (χ0n) is 12.6. The first-order valence-corrected chi connectivity index (χ1v) is 7.83. The Morgan fingerprint density at radius 2 is 2.00 bits per heavy atom. The Bertz CT molecular complexity index is 509. The lowest BCUT2D eigenvalue weighted by Gasteiger charge is -2.28. The van der Waals surface area contributed by atoms with Crippen molar-refractivity contribution >= 4 is 23.5 Å². The average molecular weight is 309 g/mol. The van der Waals surface area contributed by atoms with Gasteiger partial charge >= 0.3 is 0 Å². The number of aromatic nitrogens is 3. The molecule has 0 radical (unpaired) electrons. The molecule has 1 unspecified atom stereocenters. The number of rotatable bonds is 5. The maximum Gasteiger partial charge on any atom is 0.231 e. The van der Waals surface area contributed by atoms with E-state index in [1.165, 1.54) is 6.42 Å². The molecule has 0 spiro atoms. The molecule has 1 aliphatic heterocycles. The molecule has 0 aromatic carbocycles. The van der Waals surface area contributed by atoms with Crippen molar-refractivity contribution in [2.45, 2.75) is 33.1 Å². The highest BCUT2D eigenvalue weighted by Crippen LogP contribution is 2.20. The van der Waals surface area contributed by atoms with Gasteiger partial charge in [-0.25, -0.2) is 0 Å². The van der Waals surface area contributed by atoms with E-state index in [4.69, 9.17) is 16.9 Å². The largest absolute Gasteiger partial charge is 0.341 e. The number of hydrogen-bond donors (Lipinski definition) is 0. The van der Waals surface area contributed by atoms with Gasteiger partial charge in [0.2, 0.25) is 17.2 Å². The molecule has 1 fully saturated rings. The SMILES string of the molecule is CCN(CC(C)C#N)c1nc(Cl)nc(N2CCCCC2)n1. The van der Waals surface area contributed by atoms with Gasteiger partial charge in [0.15, 0.2) is 0 Å². The Morgan fingerprint density at radius 1 is 1.29 bits per heavy atom. The van der Waals surface area contributed by atoms with E-state index in [9.17, 15) is 0 Å². The fourth-order valence-electron chi connectivity index (χ4n) is 2.43. The van der Waals surface area contributed by atoms with Gasteiger partial charge in [0.1, 0.15) is 0 Å². The van der Waals surface area contributed by atoms with Crippen LogP contribution in [0.3, 0.4) is 0 Å². The summed E-state index contributed by atoms with van der Waals surface area (Å²) in [5, 5.41) is 9.19. The van der Waals surface area contributed by atoms with Gasteiger partial charge < -0.3 is 9.80 Å². The Kier molecular flexibility index (Phi) is 5.57. The van der Waals surface area contributed by atoms with Crippen LogP contribution in [0, 0.1) is 17.2 Å². The van der Waals surface area contributed by atoms with E-state index in [2.05, 4.69) is 25.9 Å². The van der Waals surface area contributed by atoms with Crippen LogP contribution in [0.4, 0.5) is 11.9 Å². The fraction of sp³-hybridized carbons (Fsp3) is 0.714. The van der Waals surface area contributed by atoms with Crippen LogP contribution >= 0.6 is 11.6 Å². The second-order valence-electron chi connectivity index (χ2n) is 5.32. The monoisotopic (exact) mass is 308 g/mol. The molecule has 2 rings (SSSR count). The van der Waals surface area contributed by atoms with E-state index in [0.29, 0.717) is 18.4 Å². The van der Waals surface area contributed by atoms with Crippen LogP contribution in [0.1, 0.15) is 33.1 Å². The molecule has 0 N–H and O–H groups in total. The lowest BCUT2D eigenvalue weighted by molar-refractivity contribution is 0.566. The van der Waals surface area contributed by atoms with E-state index in [1.54, 1.807) is 0 Å². The van der Waals surface area contributed by atoms with E-state index in [-0.39, 0.29) is 11.2 Å². The highest BCUT2D eigenvalue weighted by Gasteiger charge is 2.18. The van der Waals surface area contributed by atoms with Crippen LogP contribution in [-0.4, -0.2) is 41.1 Å². The number of nitriles is 1. The van der Waals surface area contributed by atoms with Gasteiger partial charge in [-0.3, -0.25) is 0 Å². The number of nitrogens with zero attached hydrogens (tertiary/aromatic N) is 6. The molecular formula is C14H21ClN6. The van der Waals surface area contributed by atoms with E-state index < -0.39 is 0 Å². The molecule has 2 heterocycles. The van der Waals surface area contributed by atoms with Crippen molar-refractivity contribution in [1.29, 1.82) is 5.26 Å². The van der Waals surface area contributed by atoms with E-state index >= 15 is 0 Å².